The molecule has 0 unspecified atom stereocenters. The Morgan fingerprint density at radius 2 is 1.74 bits per heavy atom. The van der Waals surface area contributed by atoms with Crippen molar-refractivity contribution in [3.8, 4) is 0 Å². The van der Waals surface area contributed by atoms with Crippen molar-refractivity contribution in [1.29, 1.82) is 0 Å². The Bertz CT molecular complexity index is 784. The molecule has 2 amide bonds. The lowest BCUT2D eigenvalue weighted by Crippen LogP contribution is -2.31. The lowest BCUT2D eigenvalue weighted by Gasteiger charge is -2.23. The molecule has 3 aromatic rings. The molecule has 0 saturated heterocycles. The van der Waals surface area contributed by atoms with Gasteiger partial charge in [0.25, 0.3) is 0 Å². The van der Waals surface area contributed by atoms with Crippen LogP contribution in [0.3, 0.4) is 0 Å². The van der Waals surface area contributed by atoms with Gasteiger partial charge in [-0.05, 0) is 42.3 Å². The topological polar surface area (TPSA) is 71.0 Å². The maximum absolute atomic E-state index is 12.8. The Labute approximate surface area is 137 Å². The van der Waals surface area contributed by atoms with Gasteiger partial charge in [-0.3, -0.25) is 0 Å². The Morgan fingerprint density at radius 1 is 1.04 bits per heavy atom. The number of benzene rings is 2. The number of aryl methyl sites for hydroxylation is 2. The van der Waals surface area contributed by atoms with Gasteiger partial charge >= 0.3 is 6.03 Å². The van der Waals surface area contributed by atoms with Gasteiger partial charge in [-0.2, -0.15) is 0 Å². The molecule has 1 heterocycles. The predicted molar refractivity (Wildman–Crippen MR) is 91.2 cm³/mol. The SMILES string of the molecule is Cc1cccc(C)c1N(C(=O)Nc1ccccc1)c1nnns1. The van der Waals surface area contributed by atoms with E-state index in [1.54, 1.807) is 0 Å². The van der Waals surface area contributed by atoms with Crippen molar-refractivity contribution in [2.75, 3.05) is 10.2 Å². The number of urea groups is 1. The highest BCUT2D eigenvalue weighted by atomic mass is 32.1. The number of nitrogens with one attached hydrogen (secondary N) is 1. The first-order valence-electron chi connectivity index (χ1n) is 7.04. The van der Waals surface area contributed by atoms with Crippen LogP contribution in [0.25, 0.3) is 0 Å². The van der Waals surface area contributed by atoms with E-state index >= 15 is 0 Å². The summed E-state index contributed by atoms with van der Waals surface area (Å²) in [6.45, 7) is 3.92. The highest BCUT2D eigenvalue weighted by Gasteiger charge is 2.24. The van der Waals surface area contributed by atoms with Crippen molar-refractivity contribution in [2.24, 2.45) is 0 Å². The molecule has 0 aliphatic carbocycles. The Kier molecular flexibility index (Phi) is 4.29. The maximum atomic E-state index is 12.8. The first kappa shape index (κ1) is 15.1. The van der Waals surface area contributed by atoms with Crippen molar-refractivity contribution >= 4 is 34.1 Å². The van der Waals surface area contributed by atoms with Gasteiger partial charge in [0.2, 0.25) is 5.13 Å². The van der Waals surface area contributed by atoms with Crippen molar-refractivity contribution in [1.82, 2.24) is 14.8 Å². The van der Waals surface area contributed by atoms with Gasteiger partial charge in [0.05, 0.1) is 5.69 Å². The average Bonchev–Trinajstić information content (AvgIpc) is 3.06. The highest BCUT2D eigenvalue weighted by molar-refractivity contribution is 7.09. The third kappa shape index (κ3) is 3.19. The molecule has 23 heavy (non-hydrogen) atoms. The highest BCUT2D eigenvalue weighted by Crippen LogP contribution is 2.32. The lowest BCUT2D eigenvalue weighted by molar-refractivity contribution is 0.259. The first-order chi connectivity index (χ1) is 11.2. The lowest BCUT2D eigenvalue weighted by atomic mass is 10.1. The van der Waals surface area contributed by atoms with Gasteiger partial charge < -0.3 is 5.32 Å². The van der Waals surface area contributed by atoms with E-state index < -0.39 is 0 Å². The van der Waals surface area contributed by atoms with Crippen molar-refractivity contribution < 1.29 is 4.79 Å². The van der Waals surface area contributed by atoms with E-state index in [-0.39, 0.29) is 6.03 Å². The third-order valence-electron chi connectivity index (χ3n) is 3.37. The molecule has 0 atom stereocenters. The van der Waals surface area contributed by atoms with Crippen LogP contribution >= 0.6 is 11.5 Å². The maximum Gasteiger partial charge on any atom is 0.332 e. The second-order valence-corrected chi connectivity index (χ2v) is 5.73. The number of aromatic nitrogens is 3. The van der Waals surface area contributed by atoms with E-state index in [0.29, 0.717) is 10.8 Å². The second kappa shape index (κ2) is 6.53. The molecule has 0 spiro atoms. The van der Waals surface area contributed by atoms with E-state index in [9.17, 15) is 4.79 Å². The van der Waals surface area contributed by atoms with Crippen LogP contribution in [0.1, 0.15) is 11.1 Å². The van der Waals surface area contributed by atoms with E-state index in [4.69, 9.17) is 0 Å². The van der Waals surface area contributed by atoms with Crippen LogP contribution in [-0.4, -0.2) is 20.8 Å². The molecule has 116 valence electrons. The number of hydrogen-bond donors (Lipinski definition) is 1. The van der Waals surface area contributed by atoms with Crippen LogP contribution in [0.5, 0.6) is 0 Å². The molecule has 0 bridgehead atoms. The number of carbonyl (C=O) groups is 1. The van der Waals surface area contributed by atoms with Crippen LogP contribution in [0.15, 0.2) is 48.5 Å². The largest absolute Gasteiger partial charge is 0.332 e. The minimum absolute atomic E-state index is 0.299. The standard InChI is InChI=1S/C16H15N5OS/c1-11-7-6-8-12(2)14(11)21(16-18-19-20-23-16)15(22)17-13-9-4-3-5-10-13/h3-10H,1-2H3,(H,17,22). The summed E-state index contributed by atoms with van der Waals surface area (Å²) >= 11 is 1.08. The van der Waals surface area contributed by atoms with Gasteiger partial charge in [0, 0.05) is 17.2 Å². The van der Waals surface area contributed by atoms with Gasteiger partial charge in [0.1, 0.15) is 0 Å². The van der Waals surface area contributed by atoms with Gasteiger partial charge in [-0.25, -0.2) is 9.69 Å². The molecule has 0 radical (unpaired) electrons. The number of anilines is 3. The van der Waals surface area contributed by atoms with E-state index in [1.807, 2.05) is 62.4 Å². The monoisotopic (exact) mass is 325 g/mol. The van der Waals surface area contributed by atoms with Gasteiger partial charge in [0.15, 0.2) is 0 Å². The predicted octanol–water partition coefficient (Wildman–Crippen LogP) is 3.92. The Morgan fingerprint density at radius 3 is 2.35 bits per heavy atom. The molecule has 0 fully saturated rings. The Balaban J connectivity index is 2.02. The molecule has 0 aliphatic heterocycles. The fourth-order valence-corrected chi connectivity index (χ4v) is 2.83. The van der Waals surface area contributed by atoms with Crippen LogP contribution in [0, 0.1) is 13.8 Å². The van der Waals surface area contributed by atoms with E-state index in [0.717, 1.165) is 28.3 Å². The summed E-state index contributed by atoms with van der Waals surface area (Å²) in [6.07, 6.45) is 0. The van der Waals surface area contributed by atoms with Crippen LogP contribution in [0.2, 0.25) is 0 Å². The molecular formula is C16H15N5OS. The molecule has 7 heteroatoms. The fraction of sp³-hybridized carbons (Fsp3) is 0.125. The molecule has 0 aliphatic rings. The molecule has 6 nitrogen and oxygen atoms in total. The summed E-state index contributed by atoms with van der Waals surface area (Å²) < 4.78 is 3.78. The van der Waals surface area contributed by atoms with Gasteiger partial charge in [-0.15, -0.1) is 0 Å². The number of para-hydroxylation sites is 2. The summed E-state index contributed by atoms with van der Waals surface area (Å²) in [5.74, 6) is 0. The van der Waals surface area contributed by atoms with Crippen LogP contribution in [-0.2, 0) is 0 Å². The first-order valence-corrected chi connectivity index (χ1v) is 7.81. The quantitative estimate of drug-likeness (QED) is 0.792. The minimum Gasteiger partial charge on any atom is -0.307 e. The number of hydrogen-bond acceptors (Lipinski definition) is 5. The molecular weight excluding hydrogens is 310 g/mol. The zero-order valence-electron chi connectivity index (χ0n) is 12.7. The zero-order valence-corrected chi connectivity index (χ0v) is 13.5. The number of amides is 2. The fourth-order valence-electron chi connectivity index (χ4n) is 2.36. The zero-order chi connectivity index (χ0) is 16.2. The summed E-state index contributed by atoms with van der Waals surface area (Å²) in [7, 11) is 0. The number of rotatable bonds is 3. The van der Waals surface area contributed by atoms with E-state index in [2.05, 4.69) is 20.1 Å². The van der Waals surface area contributed by atoms with Crippen molar-refractivity contribution in [3.63, 3.8) is 0 Å². The molecule has 1 N–H and O–H groups in total. The second-order valence-electron chi connectivity index (χ2n) is 5.02. The van der Waals surface area contributed by atoms with Crippen molar-refractivity contribution in [2.45, 2.75) is 13.8 Å². The molecule has 1 aromatic heterocycles. The summed E-state index contributed by atoms with van der Waals surface area (Å²) in [5, 5.41) is 10.9. The number of carbonyl (C=O) groups excluding carboxylic acids is 1. The Hall–Kier alpha value is -2.80. The molecule has 3 rings (SSSR count). The smallest absolute Gasteiger partial charge is 0.307 e. The summed E-state index contributed by atoms with van der Waals surface area (Å²) in [5.41, 5.74) is 3.46. The van der Waals surface area contributed by atoms with E-state index in [1.165, 1.54) is 4.90 Å². The third-order valence-corrected chi connectivity index (χ3v) is 3.95. The molecule has 2 aromatic carbocycles. The number of nitrogens with zero attached hydrogens (tertiary/aromatic N) is 4. The molecule has 0 saturated carbocycles. The summed E-state index contributed by atoms with van der Waals surface area (Å²) in [6, 6.07) is 14.9. The van der Waals surface area contributed by atoms with Crippen LogP contribution in [0.4, 0.5) is 21.3 Å². The van der Waals surface area contributed by atoms with Gasteiger partial charge in [-0.1, -0.05) is 46.0 Å². The van der Waals surface area contributed by atoms with Crippen LogP contribution < -0.4 is 10.2 Å². The minimum atomic E-state index is -0.299. The average molecular weight is 325 g/mol. The normalized spacial score (nSPS) is 10.3. The van der Waals surface area contributed by atoms with Crippen molar-refractivity contribution in [3.05, 3.63) is 59.7 Å². The summed E-state index contributed by atoms with van der Waals surface area (Å²) in [4.78, 5) is 14.4.